The molecule has 0 saturated carbocycles. The Balaban J connectivity index is 1.47. The summed E-state index contributed by atoms with van der Waals surface area (Å²) in [7, 11) is 0. The molecular weight excluding hydrogens is 434 g/mol. The molecule has 1 amide bonds. The van der Waals surface area contributed by atoms with Crippen LogP contribution in [0.4, 0.5) is 5.69 Å². The zero-order valence-corrected chi connectivity index (χ0v) is 19.1. The van der Waals surface area contributed by atoms with E-state index in [-0.39, 0.29) is 17.9 Å². The Bertz CT molecular complexity index is 1180. The highest BCUT2D eigenvalue weighted by atomic mass is 16.5. The van der Waals surface area contributed by atoms with Crippen LogP contribution in [0.15, 0.2) is 53.5 Å². The maximum absolute atomic E-state index is 12.6. The van der Waals surface area contributed by atoms with E-state index in [9.17, 15) is 25.4 Å². The van der Waals surface area contributed by atoms with Gasteiger partial charge in [-0.1, -0.05) is 18.2 Å². The number of rotatable bonds is 5. The van der Waals surface area contributed by atoms with Crippen molar-refractivity contribution in [3.8, 4) is 6.07 Å². The summed E-state index contributed by atoms with van der Waals surface area (Å²) >= 11 is 0. The molecule has 178 valence electrons. The molecule has 0 aliphatic carbocycles. The maximum atomic E-state index is 12.6. The fraction of sp³-hybridized carbons (Fsp3) is 0.385. The van der Waals surface area contributed by atoms with Crippen LogP contribution in [0.2, 0.25) is 0 Å². The predicted molar refractivity (Wildman–Crippen MR) is 129 cm³/mol. The van der Waals surface area contributed by atoms with Crippen molar-refractivity contribution in [2.24, 2.45) is 0 Å². The van der Waals surface area contributed by atoms with E-state index in [0.29, 0.717) is 5.56 Å². The Kier molecular flexibility index (Phi) is 7.06. The van der Waals surface area contributed by atoms with Crippen molar-refractivity contribution in [2.75, 3.05) is 24.5 Å². The molecule has 2 aliphatic heterocycles. The summed E-state index contributed by atoms with van der Waals surface area (Å²) < 4.78 is 5.36. The van der Waals surface area contributed by atoms with Crippen molar-refractivity contribution in [1.29, 1.82) is 5.26 Å². The fourth-order valence-corrected chi connectivity index (χ4v) is 4.33. The fourth-order valence-electron chi connectivity index (χ4n) is 4.33. The molecule has 8 nitrogen and oxygen atoms in total. The van der Waals surface area contributed by atoms with E-state index in [1.807, 2.05) is 24.3 Å². The number of nitrogens with zero attached hydrogens (tertiary/aromatic N) is 2. The van der Waals surface area contributed by atoms with E-state index >= 15 is 0 Å². The van der Waals surface area contributed by atoms with Crippen molar-refractivity contribution in [3.05, 3.63) is 59.1 Å². The predicted octanol–water partition coefficient (Wildman–Crippen LogP) is 2.76. The first-order valence-corrected chi connectivity index (χ1v) is 11.5. The largest absolute Gasteiger partial charge is 0.506 e. The molecule has 4 N–H and O–H groups in total. The maximum Gasteiger partial charge on any atom is 0.262 e. The lowest BCUT2D eigenvalue weighted by Crippen LogP contribution is -2.44. The third-order valence-corrected chi connectivity index (χ3v) is 6.35. The molecule has 4 rings (SSSR count). The van der Waals surface area contributed by atoms with Crippen LogP contribution < -0.4 is 10.2 Å². The summed E-state index contributed by atoms with van der Waals surface area (Å²) in [6, 6.07) is 14.0. The molecule has 1 saturated heterocycles. The molecule has 2 aromatic rings. The lowest BCUT2D eigenvalue weighted by molar-refractivity contribution is -0.117. The molecule has 1 fully saturated rings. The topological polar surface area (TPSA) is 126 Å². The first kappa shape index (κ1) is 23.6. The Morgan fingerprint density at radius 3 is 2.62 bits per heavy atom. The van der Waals surface area contributed by atoms with Gasteiger partial charge in [-0.25, -0.2) is 0 Å². The molecule has 2 aromatic carbocycles. The summed E-state index contributed by atoms with van der Waals surface area (Å²) in [6.07, 6.45) is 1.70. The third-order valence-electron chi connectivity index (χ3n) is 6.35. The van der Waals surface area contributed by atoms with Gasteiger partial charge in [0.2, 0.25) is 0 Å². The number of aliphatic hydroxyl groups is 3. The van der Waals surface area contributed by atoms with E-state index < -0.39 is 30.0 Å². The minimum Gasteiger partial charge on any atom is -0.506 e. The molecule has 8 heteroatoms. The van der Waals surface area contributed by atoms with E-state index in [0.717, 1.165) is 23.9 Å². The Hall–Kier alpha value is -3.54. The van der Waals surface area contributed by atoms with Crippen LogP contribution in [-0.4, -0.2) is 59.2 Å². The van der Waals surface area contributed by atoms with Crippen LogP contribution >= 0.6 is 0 Å². The molecular formula is C26H29N3O5. The van der Waals surface area contributed by atoms with Crippen molar-refractivity contribution in [2.45, 2.75) is 44.5 Å². The summed E-state index contributed by atoms with van der Waals surface area (Å²) in [5.74, 6) is -1.22. The summed E-state index contributed by atoms with van der Waals surface area (Å²) in [5.41, 5.74) is 1.82. The second kappa shape index (κ2) is 10.2. The van der Waals surface area contributed by atoms with Gasteiger partial charge in [-0.15, -0.1) is 0 Å². The number of hydrogen-bond donors (Lipinski definition) is 4. The van der Waals surface area contributed by atoms with Gasteiger partial charge < -0.3 is 30.3 Å². The summed E-state index contributed by atoms with van der Waals surface area (Å²) in [6.45, 7) is 3.46. The minimum absolute atomic E-state index is 0.0499. The van der Waals surface area contributed by atoms with Crippen molar-refractivity contribution >= 4 is 28.4 Å². The van der Waals surface area contributed by atoms with E-state index in [1.165, 1.54) is 37.9 Å². The SMILES string of the molecule is CC1OC(CNC(=O)/C(C#N)=C/c2ccc3cc(N4CCCCC4)ccc3c2)=C(O)[C@H](O)[C@H]1O. The number of fused-ring (bicyclic) bond motifs is 1. The smallest absolute Gasteiger partial charge is 0.262 e. The molecule has 0 spiro atoms. The number of carbonyl (C=O) groups excluding carboxylic acids is 1. The van der Waals surface area contributed by atoms with Crippen LogP contribution in [0.5, 0.6) is 0 Å². The number of benzene rings is 2. The Labute approximate surface area is 198 Å². The molecule has 3 atom stereocenters. The number of hydrogen-bond acceptors (Lipinski definition) is 7. The highest BCUT2D eigenvalue weighted by Gasteiger charge is 2.35. The van der Waals surface area contributed by atoms with Crippen molar-refractivity contribution in [3.63, 3.8) is 0 Å². The summed E-state index contributed by atoms with van der Waals surface area (Å²) in [4.78, 5) is 15.0. The number of anilines is 1. The average Bonchev–Trinajstić information content (AvgIpc) is 2.87. The van der Waals surface area contributed by atoms with Crippen LogP contribution in [0, 0.1) is 11.3 Å². The van der Waals surface area contributed by atoms with Crippen LogP contribution in [0.25, 0.3) is 16.8 Å². The monoisotopic (exact) mass is 463 g/mol. The highest BCUT2D eigenvalue weighted by Crippen LogP contribution is 2.26. The van der Waals surface area contributed by atoms with E-state index in [4.69, 9.17) is 4.74 Å². The number of nitrogens with one attached hydrogen (secondary N) is 1. The van der Waals surface area contributed by atoms with Gasteiger partial charge in [0, 0.05) is 18.8 Å². The van der Waals surface area contributed by atoms with Gasteiger partial charge in [0.15, 0.2) is 11.5 Å². The number of aliphatic hydroxyl groups excluding tert-OH is 3. The van der Waals surface area contributed by atoms with Crippen molar-refractivity contribution < 1.29 is 24.9 Å². The van der Waals surface area contributed by atoms with Gasteiger partial charge in [-0.05, 0) is 66.8 Å². The number of amides is 1. The van der Waals surface area contributed by atoms with Crippen LogP contribution in [0.3, 0.4) is 0 Å². The van der Waals surface area contributed by atoms with Gasteiger partial charge in [-0.3, -0.25) is 4.79 Å². The number of piperidine rings is 1. The zero-order chi connectivity index (χ0) is 24.2. The second-order valence-electron chi connectivity index (χ2n) is 8.76. The molecule has 0 aromatic heterocycles. The van der Waals surface area contributed by atoms with Gasteiger partial charge >= 0.3 is 0 Å². The van der Waals surface area contributed by atoms with E-state index in [2.05, 4.69) is 28.4 Å². The Morgan fingerprint density at radius 1 is 1.18 bits per heavy atom. The Morgan fingerprint density at radius 2 is 1.88 bits per heavy atom. The van der Waals surface area contributed by atoms with Crippen LogP contribution in [-0.2, 0) is 9.53 Å². The number of nitriles is 1. The minimum atomic E-state index is -1.49. The standard InChI is InChI=1S/C26H29N3O5/c1-16-23(30)25(32)24(31)22(34-16)15-28-26(33)20(14-27)12-17-5-6-19-13-21(8-7-18(19)11-17)29-9-3-2-4-10-29/h5-8,11-13,16,23,25,30-32H,2-4,9-10,15H2,1H3,(H,28,33)/b20-12+/t16?,23-,25+/m0/s1. The highest BCUT2D eigenvalue weighted by molar-refractivity contribution is 6.02. The normalized spacial score (nSPS) is 23.4. The second-order valence-corrected chi connectivity index (χ2v) is 8.76. The first-order chi connectivity index (χ1) is 16.4. The number of carbonyl (C=O) groups is 1. The molecule has 0 radical (unpaired) electrons. The molecule has 2 heterocycles. The first-order valence-electron chi connectivity index (χ1n) is 11.5. The van der Waals surface area contributed by atoms with Crippen molar-refractivity contribution in [1.82, 2.24) is 5.32 Å². The van der Waals surface area contributed by atoms with Gasteiger partial charge in [0.25, 0.3) is 5.91 Å². The molecule has 34 heavy (non-hydrogen) atoms. The van der Waals surface area contributed by atoms with Gasteiger partial charge in [0.1, 0.15) is 30.0 Å². The lowest BCUT2D eigenvalue weighted by Gasteiger charge is -2.31. The van der Waals surface area contributed by atoms with Gasteiger partial charge in [-0.2, -0.15) is 5.26 Å². The third kappa shape index (κ3) is 5.01. The average molecular weight is 464 g/mol. The van der Waals surface area contributed by atoms with Gasteiger partial charge in [0.05, 0.1) is 6.54 Å². The molecule has 1 unspecified atom stereocenters. The zero-order valence-electron chi connectivity index (χ0n) is 19.1. The van der Waals surface area contributed by atoms with E-state index in [1.54, 1.807) is 0 Å². The molecule has 2 aliphatic rings. The molecule has 0 bridgehead atoms. The number of ether oxygens (including phenoxy) is 1. The van der Waals surface area contributed by atoms with Crippen LogP contribution in [0.1, 0.15) is 31.7 Å². The summed E-state index contributed by atoms with van der Waals surface area (Å²) in [5, 5.41) is 43.7. The quantitative estimate of drug-likeness (QED) is 0.397. The lowest BCUT2D eigenvalue weighted by atomic mass is 10.0.